The van der Waals surface area contributed by atoms with Crippen molar-refractivity contribution in [2.24, 2.45) is 11.8 Å². The van der Waals surface area contributed by atoms with Gasteiger partial charge in [-0.25, -0.2) is 0 Å². The second-order valence-electron chi connectivity index (χ2n) is 13.9. The zero-order chi connectivity index (χ0) is 34.8. The number of amides is 3. The molecular weight excluding hydrogens is 606 g/mol. The Morgan fingerprint density at radius 3 is 2.29 bits per heavy atom. The van der Waals surface area contributed by atoms with Gasteiger partial charge in [0.05, 0.1) is 18.1 Å². The van der Waals surface area contributed by atoms with Gasteiger partial charge in [0, 0.05) is 32.1 Å². The fourth-order valence-corrected chi connectivity index (χ4v) is 7.33. The third-order valence-corrected chi connectivity index (χ3v) is 9.76. The van der Waals surface area contributed by atoms with E-state index in [0.717, 1.165) is 11.1 Å². The second kappa shape index (κ2) is 13.9. The van der Waals surface area contributed by atoms with Gasteiger partial charge in [-0.05, 0) is 45.2 Å². The quantitative estimate of drug-likeness (QED) is 0.217. The van der Waals surface area contributed by atoms with Gasteiger partial charge >= 0.3 is 5.97 Å². The number of esters is 1. The largest absolute Gasteiger partial charge is 0.455 e. The number of likely N-dealkylation sites (tertiary alicyclic amines) is 1. The summed E-state index contributed by atoms with van der Waals surface area (Å²) in [6, 6.07) is 17.4. The Labute approximate surface area is 283 Å². The molecule has 2 fully saturated rings. The van der Waals surface area contributed by atoms with Crippen molar-refractivity contribution in [3.8, 4) is 0 Å². The van der Waals surface area contributed by atoms with Gasteiger partial charge in [0.1, 0.15) is 23.7 Å². The lowest BCUT2D eigenvalue weighted by Crippen LogP contribution is -2.59. The van der Waals surface area contributed by atoms with Gasteiger partial charge in [-0.2, -0.15) is 0 Å². The van der Waals surface area contributed by atoms with Crippen LogP contribution in [0, 0.1) is 11.8 Å². The van der Waals surface area contributed by atoms with Crippen molar-refractivity contribution >= 4 is 23.7 Å². The first-order valence-corrected chi connectivity index (χ1v) is 16.6. The van der Waals surface area contributed by atoms with Crippen molar-refractivity contribution in [1.29, 1.82) is 0 Å². The number of likely N-dealkylation sites (N-methyl/N-ethyl adjacent to an activating group) is 1. The Bertz CT molecular complexity index is 1570. The van der Waals surface area contributed by atoms with Gasteiger partial charge < -0.3 is 24.2 Å². The molecule has 0 N–H and O–H groups in total. The molecule has 2 bridgehead atoms. The van der Waals surface area contributed by atoms with Crippen LogP contribution in [0.2, 0.25) is 0 Å². The standard InChI is InChI=1S/C39H47N3O6/c1-8-10-21-30(43)40(7)26(3)33(28-19-15-12-16-20-28)47-37(46)31-29-22-23-39(48-29)32(31)35(44)42(38(4,5)6)34(39)36(45)41(24-9-2)25-27-17-13-11-14-18-27/h8-9,11-20,22-23,26,29,31-34H,1-2,10,21,24-25H2,3-7H3/t26-,29+,31-,32-,33+,34+,39-/m1/s1. The second-order valence-corrected chi connectivity index (χ2v) is 13.9. The van der Waals surface area contributed by atoms with Crippen molar-refractivity contribution < 1.29 is 28.7 Å². The number of nitrogens with zero attached hydrogens (tertiary/aromatic N) is 3. The molecule has 2 aromatic carbocycles. The molecule has 7 atom stereocenters. The van der Waals surface area contributed by atoms with Crippen molar-refractivity contribution in [2.45, 2.75) is 82.5 Å². The molecule has 3 heterocycles. The molecule has 1 spiro atoms. The lowest BCUT2D eigenvalue weighted by Gasteiger charge is -2.41. The smallest absolute Gasteiger partial charge is 0.313 e. The molecule has 0 unspecified atom stereocenters. The van der Waals surface area contributed by atoms with E-state index in [2.05, 4.69) is 13.2 Å². The van der Waals surface area contributed by atoms with E-state index >= 15 is 0 Å². The SMILES string of the molecule is C=CCCC(=O)N(C)[C@H](C)[C@H](OC(=O)[C@@H]1[C@@H]2C=C[C@]3(O2)[C@H](C(=O)N(CC=C)Cc2ccccc2)N(C(C)(C)C)C(=O)[C@@H]13)c1ccccc1. The number of ether oxygens (including phenoxy) is 2. The highest BCUT2D eigenvalue weighted by atomic mass is 16.6. The number of benzene rings is 2. The summed E-state index contributed by atoms with van der Waals surface area (Å²) in [5.41, 5.74) is -0.449. The molecule has 0 saturated carbocycles. The van der Waals surface area contributed by atoms with Crippen molar-refractivity contribution in [1.82, 2.24) is 14.7 Å². The van der Waals surface area contributed by atoms with E-state index < -0.39 is 53.2 Å². The Balaban J connectivity index is 1.48. The minimum Gasteiger partial charge on any atom is -0.455 e. The monoisotopic (exact) mass is 653 g/mol. The normalized spacial score (nSPS) is 25.3. The van der Waals surface area contributed by atoms with Gasteiger partial charge in [0.15, 0.2) is 0 Å². The van der Waals surface area contributed by atoms with Gasteiger partial charge in [-0.1, -0.05) is 85.0 Å². The van der Waals surface area contributed by atoms with Crippen LogP contribution in [0.3, 0.4) is 0 Å². The number of carbonyl (C=O) groups is 4. The molecule has 0 aromatic heterocycles. The molecule has 9 nitrogen and oxygen atoms in total. The Hall–Kier alpha value is -4.50. The molecule has 0 aliphatic carbocycles. The number of fused-ring (bicyclic) bond motifs is 1. The molecule has 2 saturated heterocycles. The first kappa shape index (κ1) is 34.8. The first-order chi connectivity index (χ1) is 22.9. The van der Waals surface area contributed by atoms with Crippen LogP contribution < -0.4 is 0 Å². The molecule has 9 heteroatoms. The van der Waals surface area contributed by atoms with E-state index in [1.54, 1.807) is 46.1 Å². The summed E-state index contributed by atoms with van der Waals surface area (Å²) in [7, 11) is 1.70. The highest BCUT2D eigenvalue weighted by Crippen LogP contribution is 2.57. The summed E-state index contributed by atoms with van der Waals surface area (Å²) in [6.45, 7) is 15.7. The van der Waals surface area contributed by atoms with E-state index in [1.165, 1.54) is 0 Å². The van der Waals surface area contributed by atoms with Crippen LogP contribution in [0.5, 0.6) is 0 Å². The Kier molecular flexibility index (Phi) is 10.1. The van der Waals surface area contributed by atoms with Gasteiger partial charge in [-0.15, -0.1) is 13.2 Å². The number of carbonyl (C=O) groups excluding carboxylic acids is 4. The number of hydrogen-bond donors (Lipinski definition) is 0. The molecule has 254 valence electrons. The Morgan fingerprint density at radius 1 is 1.04 bits per heavy atom. The van der Waals surface area contributed by atoms with Crippen molar-refractivity contribution in [3.05, 3.63) is 109 Å². The molecule has 3 aliphatic rings. The van der Waals surface area contributed by atoms with Gasteiger partial charge in [-0.3, -0.25) is 19.2 Å². The molecule has 48 heavy (non-hydrogen) atoms. The predicted octanol–water partition coefficient (Wildman–Crippen LogP) is 5.25. The summed E-state index contributed by atoms with van der Waals surface area (Å²) in [6.07, 6.45) is 6.21. The molecule has 5 rings (SSSR count). The van der Waals surface area contributed by atoms with Crippen LogP contribution >= 0.6 is 0 Å². The molecular formula is C39H47N3O6. The first-order valence-electron chi connectivity index (χ1n) is 16.6. The van der Waals surface area contributed by atoms with Crippen molar-refractivity contribution in [2.75, 3.05) is 13.6 Å². The van der Waals surface area contributed by atoms with E-state index in [-0.39, 0.29) is 30.7 Å². The average Bonchev–Trinajstić information content (AvgIpc) is 3.73. The molecule has 3 amide bonds. The van der Waals surface area contributed by atoms with E-state index in [4.69, 9.17) is 9.47 Å². The van der Waals surface area contributed by atoms with E-state index in [9.17, 15) is 19.2 Å². The summed E-state index contributed by atoms with van der Waals surface area (Å²) < 4.78 is 12.9. The third kappa shape index (κ3) is 6.35. The highest BCUT2D eigenvalue weighted by Gasteiger charge is 2.74. The summed E-state index contributed by atoms with van der Waals surface area (Å²) in [5, 5.41) is 0. The topological polar surface area (TPSA) is 96.5 Å². The fraction of sp³-hybridized carbons (Fsp3) is 0.436. The van der Waals surface area contributed by atoms with Crippen LogP contribution in [0.25, 0.3) is 0 Å². The predicted molar refractivity (Wildman–Crippen MR) is 183 cm³/mol. The minimum atomic E-state index is -1.35. The van der Waals surface area contributed by atoms with Crippen LogP contribution in [0.1, 0.15) is 57.8 Å². The maximum atomic E-state index is 14.6. The lowest BCUT2D eigenvalue weighted by atomic mass is 9.74. The maximum Gasteiger partial charge on any atom is 0.313 e. The maximum absolute atomic E-state index is 14.6. The number of rotatable bonds is 13. The lowest BCUT2D eigenvalue weighted by molar-refractivity contribution is -0.164. The van der Waals surface area contributed by atoms with E-state index in [0.29, 0.717) is 13.0 Å². The van der Waals surface area contributed by atoms with Gasteiger partial charge in [0.2, 0.25) is 17.7 Å². The fourth-order valence-electron chi connectivity index (χ4n) is 7.33. The third-order valence-electron chi connectivity index (χ3n) is 9.76. The van der Waals surface area contributed by atoms with Crippen molar-refractivity contribution in [3.63, 3.8) is 0 Å². The number of allylic oxidation sites excluding steroid dienone is 1. The number of hydrogen-bond acceptors (Lipinski definition) is 6. The molecule has 3 aliphatic heterocycles. The van der Waals surface area contributed by atoms with Gasteiger partial charge in [0.25, 0.3) is 0 Å². The summed E-state index contributed by atoms with van der Waals surface area (Å²) in [4.78, 5) is 61.3. The van der Waals surface area contributed by atoms with E-state index in [1.807, 2.05) is 88.4 Å². The zero-order valence-electron chi connectivity index (χ0n) is 28.6. The van der Waals surface area contributed by atoms with Crippen LogP contribution in [-0.4, -0.2) is 81.3 Å². The average molecular weight is 654 g/mol. The van der Waals surface area contributed by atoms with Crippen LogP contribution in [-0.2, 0) is 35.2 Å². The highest BCUT2D eigenvalue weighted by molar-refractivity contribution is 5.99. The Morgan fingerprint density at radius 2 is 1.69 bits per heavy atom. The summed E-state index contributed by atoms with van der Waals surface area (Å²) >= 11 is 0. The van der Waals surface area contributed by atoms with Crippen LogP contribution in [0.4, 0.5) is 0 Å². The molecule has 0 radical (unpaired) electrons. The zero-order valence-corrected chi connectivity index (χ0v) is 28.6. The minimum absolute atomic E-state index is 0.0998. The van der Waals surface area contributed by atoms with Crippen LogP contribution in [0.15, 0.2) is 98.1 Å². The summed E-state index contributed by atoms with van der Waals surface area (Å²) in [5.74, 6) is -3.25. The molecule has 2 aromatic rings.